The Morgan fingerprint density at radius 1 is 1.08 bits per heavy atom. The summed E-state index contributed by atoms with van der Waals surface area (Å²) in [5, 5.41) is 3.16. The Morgan fingerprint density at radius 2 is 1.77 bits per heavy atom. The van der Waals surface area contributed by atoms with Crippen LogP contribution in [0.4, 0.5) is 5.82 Å². The van der Waals surface area contributed by atoms with Crippen molar-refractivity contribution in [3.63, 3.8) is 0 Å². The summed E-state index contributed by atoms with van der Waals surface area (Å²) < 4.78 is 27.3. The number of hydrogen-bond donors (Lipinski definition) is 2. The molecule has 26 heavy (non-hydrogen) atoms. The number of carbonyl (C=O) groups excluding carboxylic acids is 2. The number of aromatic nitrogens is 2. The van der Waals surface area contributed by atoms with Gasteiger partial charge in [0.2, 0.25) is 5.91 Å². The molecule has 2 amide bonds. The molecule has 3 aromatic rings. The Hall–Kier alpha value is -2.91. The van der Waals surface area contributed by atoms with E-state index in [1.54, 1.807) is 28.9 Å². The summed E-state index contributed by atoms with van der Waals surface area (Å²) in [6.07, 6.45) is 3.26. The SMILES string of the molecule is CC(=O)NS(=O)(=O)c1ccc(C(=O)Nc2cn3cc(Cl)ccc3n2)cc1. The molecule has 0 saturated carbocycles. The zero-order chi connectivity index (χ0) is 18.9. The van der Waals surface area contributed by atoms with E-state index in [1.807, 2.05) is 4.72 Å². The van der Waals surface area contributed by atoms with Crippen LogP contribution in [0.2, 0.25) is 5.02 Å². The molecule has 0 unspecified atom stereocenters. The Balaban J connectivity index is 1.78. The smallest absolute Gasteiger partial charge is 0.264 e. The number of imidazole rings is 1. The zero-order valence-corrected chi connectivity index (χ0v) is 15.0. The number of carbonyl (C=O) groups is 2. The first-order valence-corrected chi connectivity index (χ1v) is 9.20. The predicted octanol–water partition coefficient (Wildman–Crippen LogP) is 2.06. The van der Waals surface area contributed by atoms with Crippen molar-refractivity contribution in [3.8, 4) is 0 Å². The van der Waals surface area contributed by atoms with Crippen LogP contribution in [0.15, 0.2) is 53.7 Å². The van der Waals surface area contributed by atoms with Crippen molar-refractivity contribution in [1.29, 1.82) is 0 Å². The maximum atomic E-state index is 12.3. The van der Waals surface area contributed by atoms with Gasteiger partial charge in [0, 0.05) is 18.7 Å². The first-order chi connectivity index (χ1) is 12.2. The summed E-state index contributed by atoms with van der Waals surface area (Å²) in [6.45, 7) is 1.10. The van der Waals surface area contributed by atoms with Gasteiger partial charge in [-0.15, -0.1) is 0 Å². The van der Waals surface area contributed by atoms with E-state index < -0.39 is 21.8 Å². The highest BCUT2D eigenvalue weighted by atomic mass is 35.5. The Bertz CT molecular complexity index is 1110. The largest absolute Gasteiger partial charge is 0.305 e. The molecular weight excluding hydrogens is 380 g/mol. The lowest BCUT2D eigenvalue weighted by atomic mass is 10.2. The summed E-state index contributed by atoms with van der Waals surface area (Å²) in [7, 11) is -3.94. The second-order valence-corrected chi connectivity index (χ2v) is 7.50. The molecule has 2 N–H and O–H groups in total. The first kappa shape index (κ1) is 17.9. The molecule has 0 atom stereocenters. The normalized spacial score (nSPS) is 11.3. The maximum absolute atomic E-state index is 12.3. The second-order valence-electron chi connectivity index (χ2n) is 5.38. The number of nitrogens with zero attached hydrogens (tertiary/aromatic N) is 2. The topological polar surface area (TPSA) is 110 Å². The molecule has 0 aliphatic carbocycles. The van der Waals surface area contributed by atoms with Gasteiger partial charge in [-0.2, -0.15) is 0 Å². The molecule has 134 valence electrons. The van der Waals surface area contributed by atoms with Gasteiger partial charge < -0.3 is 9.72 Å². The van der Waals surface area contributed by atoms with Crippen molar-refractivity contribution >= 4 is 44.9 Å². The van der Waals surface area contributed by atoms with Gasteiger partial charge in [0.1, 0.15) is 5.65 Å². The van der Waals surface area contributed by atoms with Crippen molar-refractivity contribution in [1.82, 2.24) is 14.1 Å². The minimum Gasteiger partial charge on any atom is -0.305 e. The Morgan fingerprint density at radius 3 is 2.42 bits per heavy atom. The molecule has 0 radical (unpaired) electrons. The first-order valence-electron chi connectivity index (χ1n) is 7.34. The zero-order valence-electron chi connectivity index (χ0n) is 13.4. The molecule has 0 aliphatic heterocycles. The van der Waals surface area contributed by atoms with Gasteiger partial charge in [-0.1, -0.05) is 11.6 Å². The summed E-state index contributed by atoms with van der Waals surface area (Å²) in [4.78, 5) is 27.3. The number of nitrogens with one attached hydrogen (secondary N) is 2. The molecule has 0 spiro atoms. The van der Waals surface area contributed by atoms with E-state index in [0.717, 1.165) is 6.92 Å². The number of benzene rings is 1. The van der Waals surface area contributed by atoms with Crippen LogP contribution in [0, 0.1) is 0 Å². The monoisotopic (exact) mass is 392 g/mol. The molecule has 8 nitrogen and oxygen atoms in total. The van der Waals surface area contributed by atoms with Gasteiger partial charge in [0.25, 0.3) is 15.9 Å². The highest BCUT2D eigenvalue weighted by Gasteiger charge is 2.16. The number of amides is 2. The number of anilines is 1. The van der Waals surface area contributed by atoms with Gasteiger partial charge in [0.15, 0.2) is 5.82 Å². The lowest BCUT2D eigenvalue weighted by Gasteiger charge is -2.06. The van der Waals surface area contributed by atoms with Crippen molar-refractivity contribution in [2.75, 3.05) is 5.32 Å². The number of sulfonamides is 1. The quantitative estimate of drug-likeness (QED) is 0.706. The number of hydrogen-bond acceptors (Lipinski definition) is 5. The molecule has 2 aromatic heterocycles. The molecule has 2 heterocycles. The fourth-order valence-corrected chi connectivity index (χ4v) is 3.41. The van der Waals surface area contributed by atoms with Crippen LogP contribution in [0.1, 0.15) is 17.3 Å². The Kier molecular flexibility index (Phi) is 4.66. The van der Waals surface area contributed by atoms with Crippen LogP contribution in [0.25, 0.3) is 5.65 Å². The van der Waals surface area contributed by atoms with E-state index in [4.69, 9.17) is 11.6 Å². The molecule has 0 bridgehead atoms. The van der Waals surface area contributed by atoms with Crippen LogP contribution in [0.3, 0.4) is 0 Å². The number of fused-ring (bicyclic) bond motifs is 1. The van der Waals surface area contributed by atoms with Crippen LogP contribution >= 0.6 is 11.6 Å². The lowest BCUT2D eigenvalue weighted by Crippen LogP contribution is -2.28. The van der Waals surface area contributed by atoms with Gasteiger partial charge in [-0.25, -0.2) is 18.1 Å². The maximum Gasteiger partial charge on any atom is 0.264 e. The highest BCUT2D eigenvalue weighted by molar-refractivity contribution is 7.90. The van der Waals surface area contributed by atoms with E-state index in [2.05, 4.69) is 10.3 Å². The third kappa shape index (κ3) is 3.84. The molecule has 0 saturated heterocycles. The number of pyridine rings is 1. The van der Waals surface area contributed by atoms with E-state index in [-0.39, 0.29) is 10.5 Å². The van der Waals surface area contributed by atoms with E-state index in [0.29, 0.717) is 16.5 Å². The van der Waals surface area contributed by atoms with Crippen LogP contribution in [0.5, 0.6) is 0 Å². The van der Waals surface area contributed by atoms with Gasteiger partial charge in [0.05, 0.1) is 16.1 Å². The molecular formula is C16H13ClN4O4S. The lowest BCUT2D eigenvalue weighted by molar-refractivity contribution is -0.117. The molecule has 1 aromatic carbocycles. The van der Waals surface area contributed by atoms with Crippen molar-refractivity contribution < 1.29 is 18.0 Å². The highest BCUT2D eigenvalue weighted by Crippen LogP contribution is 2.16. The van der Waals surface area contributed by atoms with Crippen molar-refractivity contribution in [3.05, 3.63) is 59.4 Å². The van der Waals surface area contributed by atoms with Crippen LogP contribution in [-0.4, -0.2) is 29.6 Å². The summed E-state index contributed by atoms with van der Waals surface area (Å²) in [5.41, 5.74) is 0.850. The van der Waals surface area contributed by atoms with Gasteiger partial charge >= 0.3 is 0 Å². The van der Waals surface area contributed by atoms with Crippen molar-refractivity contribution in [2.24, 2.45) is 0 Å². The van der Waals surface area contributed by atoms with Crippen LogP contribution in [-0.2, 0) is 14.8 Å². The molecule has 3 rings (SSSR count). The van der Waals surface area contributed by atoms with E-state index >= 15 is 0 Å². The average molecular weight is 393 g/mol. The average Bonchev–Trinajstić information content (AvgIpc) is 2.95. The van der Waals surface area contributed by atoms with Crippen LogP contribution < -0.4 is 10.0 Å². The fourth-order valence-electron chi connectivity index (χ4n) is 2.25. The second kappa shape index (κ2) is 6.77. The third-order valence-electron chi connectivity index (χ3n) is 3.36. The standard InChI is InChI=1S/C16H13ClN4O4S/c1-10(22)20-26(24,25)13-5-2-11(3-6-13)16(23)19-14-9-21-8-12(17)4-7-15(21)18-14/h2-9H,1H3,(H,19,23)(H,20,22). The predicted molar refractivity (Wildman–Crippen MR) is 95.6 cm³/mol. The molecule has 0 aliphatic rings. The minimum absolute atomic E-state index is 0.119. The third-order valence-corrected chi connectivity index (χ3v) is 5.03. The summed E-state index contributed by atoms with van der Waals surface area (Å²) in [5.74, 6) is -0.825. The number of halogens is 1. The minimum atomic E-state index is -3.94. The summed E-state index contributed by atoms with van der Waals surface area (Å²) in [6, 6.07) is 8.56. The number of rotatable bonds is 4. The van der Waals surface area contributed by atoms with E-state index in [1.165, 1.54) is 24.3 Å². The van der Waals surface area contributed by atoms with Crippen molar-refractivity contribution in [2.45, 2.75) is 11.8 Å². The van der Waals surface area contributed by atoms with Gasteiger partial charge in [-0.3, -0.25) is 9.59 Å². The fraction of sp³-hybridized carbons (Fsp3) is 0.0625. The molecule has 0 fully saturated rings. The summed E-state index contributed by atoms with van der Waals surface area (Å²) >= 11 is 5.90. The Labute approximate surface area is 153 Å². The van der Waals surface area contributed by atoms with E-state index in [9.17, 15) is 18.0 Å². The van der Waals surface area contributed by atoms with Gasteiger partial charge in [-0.05, 0) is 36.4 Å². The molecule has 10 heteroatoms.